The normalized spacial score (nSPS) is 11.6. The maximum atomic E-state index is 12.3. The van der Waals surface area contributed by atoms with E-state index in [4.69, 9.17) is 0 Å². The molecule has 1 aromatic heterocycles. The molecule has 3 rings (SSSR count). The fourth-order valence-corrected chi connectivity index (χ4v) is 3.13. The highest BCUT2D eigenvalue weighted by Crippen LogP contribution is 2.21. The van der Waals surface area contributed by atoms with E-state index in [2.05, 4.69) is 19.9 Å². The summed E-state index contributed by atoms with van der Waals surface area (Å²) in [6.07, 6.45) is 1.52. The number of azo groups is 1. The van der Waals surface area contributed by atoms with E-state index < -0.39 is 10.0 Å². The molecule has 0 bridgehead atoms. The van der Waals surface area contributed by atoms with Gasteiger partial charge in [0.2, 0.25) is 0 Å². The average Bonchev–Trinajstić information content (AvgIpc) is 2.61. The van der Waals surface area contributed by atoms with E-state index in [1.54, 1.807) is 30.3 Å². The number of hydrogen-bond donors (Lipinski definition) is 1. The van der Waals surface area contributed by atoms with Gasteiger partial charge in [0, 0.05) is 6.20 Å². The number of hydrogen-bond acceptors (Lipinski definition) is 5. The van der Waals surface area contributed by atoms with Crippen molar-refractivity contribution in [2.45, 2.75) is 11.8 Å². The number of benzene rings is 2. The fraction of sp³-hybridized carbons (Fsp3) is 0.0556. The Kier molecular flexibility index (Phi) is 4.85. The van der Waals surface area contributed by atoms with Crippen LogP contribution in [0.15, 0.2) is 88.1 Å². The lowest BCUT2D eigenvalue weighted by molar-refractivity contribution is 0.601. The first kappa shape index (κ1) is 16.8. The van der Waals surface area contributed by atoms with Crippen LogP contribution in [0.2, 0.25) is 0 Å². The molecule has 0 amide bonds. The number of anilines is 1. The highest BCUT2D eigenvalue weighted by Gasteiger charge is 2.14. The van der Waals surface area contributed by atoms with E-state index in [-0.39, 0.29) is 10.7 Å². The predicted molar refractivity (Wildman–Crippen MR) is 96.8 cm³/mol. The third kappa shape index (κ3) is 4.48. The quantitative estimate of drug-likeness (QED) is 0.681. The molecular formula is C18H16N4O2S. The van der Waals surface area contributed by atoms with Crippen LogP contribution in [0.3, 0.4) is 0 Å². The summed E-state index contributed by atoms with van der Waals surface area (Å²) >= 11 is 0. The Bertz CT molecular complexity index is 985. The van der Waals surface area contributed by atoms with Crippen molar-refractivity contribution in [2.75, 3.05) is 4.72 Å². The molecule has 0 aliphatic carbocycles. The first-order valence-electron chi connectivity index (χ1n) is 7.55. The molecular weight excluding hydrogens is 336 g/mol. The van der Waals surface area contributed by atoms with Gasteiger partial charge in [0.1, 0.15) is 5.82 Å². The number of pyridine rings is 1. The van der Waals surface area contributed by atoms with E-state index >= 15 is 0 Å². The van der Waals surface area contributed by atoms with Crippen molar-refractivity contribution >= 4 is 27.2 Å². The van der Waals surface area contributed by atoms with Crippen molar-refractivity contribution in [1.82, 2.24) is 4.98 Å². The first-order valence-corrected chi connectivity index (χ1v) is 9.04. The van der Waals surface area contributed by atoms with E-state index in [9.17, 15) is 8.42 Å². The fourth-order valence-electron chi connectivity index (χ4n) is 2.12. The molecule has 126 valence electrons. The molecule has 1 heterocycles. The molecule has 25 heavy (non-hydrogen) atoms. The van der Waals surface area contributed by atoms with Gasteiger partial charge in [-0.1, -0.05) is 18.2 Å². The standard InChI is InChI=1S/C18H16N4O2S/c1-14-5-4-6-16(13-14)21-20-15-8-10-17(11-9-15)25(23,24)22-18-7-2-3-12-19-18/h2-13H,1H3,(H,19,22). The van der Waals surface area contributed by atoms with E-state index in [1.807, 2.05) is 31.2 Å². The summed E-state index contributed by atoms with van der Waals surface area (Å²) in [6.45, 7) is 1.98. The summed E-state index contributed by atoms with van der Waals surface area (Å²) in [7, 11) is -3.69. The second kappa shape index (κ2) is 7.23. The molecule has 3 aromatic rings. The summed E-state index contributed by atoms with van der Waals surface area (Å²) in [4.78, 5) is 4.09. The largest absolute Gasteiger partial charge is 0.263 e. The molecule has 0 aliphatic rings. The highest BCUT2D eigenvalue weighted by atomic mass is 32.2. The van der Waals surface area contributed by atoms with Crippen LogP contribution in [0.4, 0.5) is 17.2 Å². The van der Waals surface area contributed by atoms with Gasteiger partial charge in [-0.05, 0) is 61.0 Å². The van der Waals surface area contributed by atoms with Gasteiger partial charge in [0.05, 0.1) is 16.3 Å². The zero-order chi connectivity index (χ0) is 17.7. The predicted octanol–water partition coefficient (Wildman–Crippen LogP) is 4.61. The maximum absolute atomic E-state index is 12.3. The highest BCUT2D eigenvalue weighted by molar-refractivity contribution is 7.92. The minimum Gasteiger partial charge on any atom is -0.263 e. The van der Waals surface area contributed by atoms with E-state index in [0.717, 1.165) is 11.3 Å². The van der Waals surface area contributed by atoms with Crippen LogP contribution >= 0.6 is 0 Å². The van der Waals surface area contributed by atoms with E-state index in [1.165, 1.54) is 18.3 Å². The number of aromatic nitrogens is 1. The van der Waals surface area contributed by atoms with Crippen molar-refractivity contribution in [1.29, 1.82) is 0 Å². The lowest BCUT2D eigenvalue weighted by Crippen LogP contribution is -2.13. The smallest absolute Gasteiger partial charge is 0.263 e. The van der Waals surface area contributed by atoms with Crippen LogP contribution in [-0.4, -0.2) is 13.4 Å². The first-order chi connectivity index (χ1) is 12.0. The summed E-state index contributed by atoms with van der Waals surface area (Å²) in [5, 5.41) is 8.27. The van der Waals surface area contributed by atoms with Crippen molar-refractivity contribution in [3.8, 4) is 0 Å². The Hall–Kier alpha value is -3.06. The SMILES string of the molecule is Cc1cccc(N=Nc2ccc(S(=O)(=O)Nc3ccccn3)cc2)c1. The Morgan fingerprint density at radius 1 is 0.880 bits per heavy atom. The van der Waals surface area contributed by atoms with Gasteiger partial charge in [-0.2, -0.15) is 10.2 Å². The maximum Gasteiger partial charge on any atom is 0.263 e. The van der Waals surface area contributed by atoms with Crippen LogP contribution in [0.5, 0.6) is 0 Å². The molecule has 0 aliphatic heterocycles. The van der Waals surface area contributed by atoms with Crippen LogP contribution in [0.25, 0.3) is 0 Å². The molecule has 0 fully saturated rings. The summed E-state index contributed by atoms with van der Waals surface area (Å²) in [6, 6.07) is 18.8. The minimum atomic E-state index is -3.69. The number of sulfonamides is 1. The lowest BCUT2D eigenvalue weighted by Gasteiger charge is -2.06. The number of nitrogens with zero attached hydrogens (tertiary/aromatic N) is 3. The third-order valence-corrected chi connectivity index (χ3v) is 4.70. The Morgan fingerprint density at radius 3 is 2.32 bits per heavy atom. The molecule has 0 saturated carbocycles. The molecule has 6 nitrogen and oxygen atoms in total. The molecule has 0 radical (unpaired) electrons. The second-order valence-corrected chi connectivity index (χ2v) is 7.04. The van der Waals surface area contributed by atoms with Crippen molar-refractivity contribution in [3.63, 3.8) is 0 Å². The molecule has 0 unspecified atom stereocenters. The van der Waals surface area contributed by atoms with Gasteiger partial charge in [0.15, 0.2) is 0 Å². The topological polar surface area (TPSA) is 83.8 Å². The Balaban J connectivity index is 1.75. The summed E-state index contributed by atoms with van der Waals surface area (Å²) < 4.78 is 27.1. The van der Waals surface area contributed by atoms with Gasteiger partial charge >= 0.3 is 0 Å². The zero-order valence-electron chi connectivity index (χ0n) is 13.5. The monoisotopic (exact) mass is 352 g/mol. The van der Waals surface area contributed by atoms with Gasteiger partial charge in [0.25, 0.3) is 10.0 Å². The summed E-state index contributed by atoms with van der Waals surface area (Å²) in [5.74, 6) is 0.269. The number of rotatable bonds is 5. The minimum absolute atomic E-state index is 0.132. The molecule has 7 heteroatoms. The summed E-state index contributed by atoms with van der Waals surface area (Å²) in [5.41, 5.74) is 2.41. The number of aryl methyl sites for hydroxylation is 1. The van der Waals surface area contributed by atoms with Crippen LogP contribution in [-0.2, 0) is 10.0 Å². The Labute approximate surface area is 146 Å². The van der Waals surface area contributed by atoms with Gasteiger partial charge in [-0.15, -0.1) is 0 Å². The average molecular weight is 352 g/mol. The molecule has 0 spiro atoms. The number of nitrogens with one attached hydrogen (secondary N) is 1. The Morgan fingerprint density at radius 2 is 1.64 bits per heavy atom. The van der Waals surface area contributed by atoms with Crippen molar-refractivity contribution in [2.24, 2.45) is 10.2 Å². The molecule has 2 aromatic carbocycles. The van der Waals surface area contributed by atoms with Gasteiger partial charge in [-0.3, -0.25) is 4.72 Å². The van der Waals surface area contributed by atoms with E-state index in [0.29, 0.717) is 5.69 Å². The van der Waals surface area contributed by atoms with Crippen LogP contribution < -0.4 is 4.72 Å². The van der Waals surface area contributed by atoms with Crippen molar-refractivity contribution in [3.05, 3.63) is 78.5 Å². The molecule has 0 saturated heterocycles. The lowest BCUT2D eigenvalue weighted by atomic mass is 10.2. The second-order valence-electron chi connectivity index (χ2n) is 5.35. The molecule has 1 N–H and O–H groups in total. The van der Waals surface area contributed by atoms with Crippen molar-refractivity contribution < 1.29 is 8.42 Å². The third-order valence-electron chi connectivity index (χ3n) is 3.33. The molecule has 0 atom stereocenters. The van der Waals surface area contributed by atoms with Gasteiger partial charge < -0.3 is 0 Å². The zero-order valence-corrected chi connectivity index (χ0v) is 14.3. The van der Waals surface area contributed by atoms with Gasteiger partial charge in [-0.25, -0.2) is 13.4 Å². The van der Waals surface area contributed by atoms with Crippen LogP contribution in [0, 0.1) is 6.92 Å². The van der Waals surface area contributed by atoms with Crippen LogP contribution in [0.1, 0.15) is 5.56 Å².